The summed E-state index contributed by atoms with van der Waals surface area (Å²) in [6.07, 6.45) is 1.79. The van der Waals surface area contributed by atoms with E-state index in [-0.39, 0.29) is 38.6 Å². The average molecular weight is 546 g/mol. The first-order valence-corrected chi connectivity index (χ1v) is 14.4. The molecule has 2 aromatic carbocycles. The molecule has 2 heterocycles. The van der Waals surface area contributed by atoms with Crippen molar-refractivity contribution in [2.24, 2.45) is 0 Å². The number of anilines is 2. The summed E-state index contributed by atoms with van der Waals surface area (Å²) in [6.45, 7) is 4.66. The maximum Gasteiger partial charge on any atom is 0.264 e. The molecule has 37 heavy (non-hydrogen) atoms. The first-order valence-electron chi connectivity index (χ1n) is 11.4. The number of sulfonamides is 2. The lowest BCUT2D eigenvalue weighted by molar-refractivity contribution is 0.0789. The van der Waals surface area contributed by atoms with Crippen LogP contribution in [0.1, 0.15) is 34.6 Å². The normalized spacial score (nSPS) is 13.9. The fourth-order valence-electron chi connectivity index (χ4n) is 3.98. The third-order valence-corrected chi connectivity index (χ3v) is 8.45. The Morgan fingerprint density at radius 1 is 0.838 bits per heavy atom. The molecule has 1 fully saturated rings. The Balaban J connectivity index is 1.54. The van der Waals surface area contributed by atoms with Crippen molar-refractivity contribution < 1.29 is 26.4 Å². The summed E-state index contributed by atoms with van der Waals surface area (Å²) >= 11 is 0. The molecule has 0 aliphatic carbocycles. The second-order valence-electron chi connectivity index (χ2n) is 8.57. The summed E-state index contributed by atoms with van der Waals surface area (Å²) in [5.41, 5.74) is 1.52. The number of nitrogens with zero attached hydrogens (tertiary/aromatic N) is 3. The molecule has 1 aliphatic rings. The van der Waals surface area contributed by atoms with Crippen LogP contribution in [0.5, 0.6) is 5.75 Å². The van der Waals surface area contributed by atoms with Crippen molar-refractivity contribution in [1.82, 2.24) is 14.9 Å². The van der Waals surface area contributed by atoms with Crippen LogP contribution in [0, 0.1) is 13.8 Å². The molecule has 2 N–H and O–H groups in total. The lowest BCUT2D eigenvalue weighted by atomic mass is 10.1. The molecule has 0 bridgehead atoms. The number of methoxy groups -OCH3 is 1. The number of benzene rings is 2. The van der Waals surface area contributed by atoms with Crippen molar-refractivity contribution in [3.63, 3.8) is 0 Å². The zero-order chi connectivity index (χ0) is 26.8. The Hall–Kier alpha value is -3.71. The SMILES string of the molecule is COc1ccc(S(=O)(=O)Nc2ccc(S(=O)(=O)Nc3nc(C)cc(C)n3)cc2)cc1C(=O)N1CCCC1. The number of aromatic nitrogens is 2. The summed E-state index contributed by atoms with van der Waals surface area (Å²) in [5, 5.41) is 0. The second kappa shape index (κ2) is 10.3. The Morgan fingerprint density at radius 2 is 1.41 bits per heavy atom. The van der Waals surface area contributed by atoms with Crippen molar-refractivity contribution in [2.45, 2.75) is 36.5 Å². The molecule has 1 aliphatic heterocycles. The number of hydrogen-bond donors (Lipinski definition) is 2. The molecule has 3 aromatic rings. The standard InChI is InChI=1S/C24H27N5O6S2/c1-16-14-17(2)26-24(25-16)28-36(31,32)19-8-6-18(7-9-19)27-37(33,34)20-10-11-22(35-3)21(15-20)23(30)29-12-4-5-13-29/h6-11,14-15,27H,4-5,12-13H2,1-3H3,(H,25,26,28). The van der Waals surface area contributed by atoms with E-state index in [4.69, 9.17) is 4.74 Å². The molecular weight excluding hydrogens is 518 g/mol. The number of amides is 1. The number of nitrogens with one attached hydrogen (secondary N) is 2. The van der Waals surface area contributed by atoms with E-state index in [0.717, 1.165) is 12.8 Å². The largest absolute Gasteiger partial charge is 0.496 e. The van der Waals surface area contributed by atoms with Gasteiger partial charge in [0.15, 0.2) is 0 Å². The number of aryl methyl sites for hydroxylation is 2. The first kappa shape index (κ1) is 26.4. The molecular formula is C24H27N5O6S2. The third kappa shape index (κ3) is 6.00. The Labute approximate surface area is 216 Å². The van der Waals surface area contributed by atoms with Gasteiger partial charge in [0.1, 0.15) is 5.75 Å². The minimum atomic E-state index is -4.09. The van der Waals surface area contributed by atoms with Gasteiger partial charge in [-0.15, -0.1) is 0 Å². The van der Waals surface area contributed by atoms with Gasteiger partial charge in [-0.05, 0) is 75.2 Å². The first-order chi connectivity index (χ1) is 17.5. The third-order valence-electron chi connectivity index (χ3n) is 5.73. The number of ether oxygens (including phenoxy) is 1. The summed E-state index contributed by atoms with van der Waals surface area (Å²) < 4.78 is 61.6. The monoisotopic (exact) mass is 545 g/mol. The van der Waals surface area contributed by atoms with Gasteiger partial charge in [0.2, 0.25) is 5.95 Å². The van der Waals surface area contributed by atoms with Crippen molar-refractivity contribution in [1.29, 1.82) is 0 Å². The highest BCUT2D eigenvalue weighted by molar-refractivity contribution is 7.93. The fourth-order valence-corrected chi connectivity index (χ4v) is 6.01. The molecule has 0 radical (unpaired) electrons. The molecule has 1 amide bonds. The molecule has 1 saturated heterocycles. The van der Waals surface area contributed by atoms with E-state index >= 15 is 0 Å². The van der Waals surface area contributed by atoms with Crippen LogP contribution < -0.4 is 14.2 Å². The Morgan fingerprint density at radius 3 is 2.00 bits per heavy atom. The number of likely N-dealkylation sites (tertiary alicyclic amines) is 1. The number of hydrogen-bond acceptors (Lipinski definition) is 8. The van der Waals surface area contributed by atoms with Gasteiger partial charge in [-0.3, -0.25) is 9.52 Å². The van der Waals surface area contributed by atoms with Gasteiger partial charge in [0, 0.05) is 30.2 Å². The molecule has 11 nitrogen and oxygen atoms in total. The van der Waals surface area contributed by atoms with Gasteiger partial charge in [0.25, 0.3) is 26.0 Å². The number of carbonyl (C=O) groups excluding carboxylic acids is 1. The Bertz CT molecular complexity index is 1510. The van der Waals surface area contributed by atoms with Crippen LogP contribution >= 0.6 is 0 Å². The predicted octanol–water partition coefficient (Wildman–Crippen LogP) is 2.94. The lowest BCUT2D eigenvalue weighted by Crippen LogP contribution is -2.28. The van der Waals surface area contributed by atoms with Crippen LogP contribution in [0.25, 0.3) is 0 Å². The van der Waals surface area contributed by atoms with E-state index in [1.807, 2.05) is 0 Å². The lowest BCUT2D eigenvalue weighted by Gasteiger charge is -2.18. The second-order valence-corrected chi connectivity index (χ2v) is 11.9. The zero-order valence-corrected chi connectivity index (χ0v) is 22.2. The molecule has 4 rings (SSSR count). The molecule has 196 valence electrons. The van der Waals surface area contributed by atoms with Crippen LogP contribution in [0.2, 0.25) is 0 Å². The molecule has 0 saturated carbocycles. The van der Waals surface area contributed by atoms with Gasteiger partial charge in [-0.1, -0.05) is 0 Å². The summed E-state index contributed by atoms with van der Waals surface area (Å²) in [4.78, 5) is 22.5. The topological polar surface area (TPSA) is 148 Å². The van der Waals surface area contributed by atoms with Crippen LogP contribution in [-0.4, -0.2) is 57.8 Å². The van der Waals surface area contributed by atoms with Crippen LogP contribution in [0.3, 0.4) is 0 Å². The van der Waals surface area contributed by atoms with E-state index < -0.39 is 20.0 Å². The van der Waals surface area contributed by atoms with Crippen LogP contribution in [0.15, 0.2) is 58.3 Å². The smallest absolute Gasteiger partial charge is 0.264 e. The minimum Gasteiger partial charge on any atom is -0.496 e. The van der Waals surface area contributed by atoms with E-state index in [2.05, 4.69) is 19.4 Å². The van der Waals surface area contributed by atoms with E-state index in [0.29, 0.717) is 24.5 Å². The maximum absolute atomic E-state index is 13.1. The van der Waals surface area contributed by atoms with Crippen molar-refractivity contribution in [2.75, 3.05) is 29.6 Å². The average Bonchev–Trinajstić information content (AvgIpc) is 3.37. The maximum atomic E-state index is 13.1. The quantitative estimate of drug-likeness (QED) is 0.439. The Kier molecular flexibility index (Phi) is 7.37. The van der Waals surface area contributed by atoms with E-state index in [1.54, 1.807) is 24.8 Å². The van der Waals surface area contributed by atoms with Gasteiger partial charge in [-0.25, -0.2) is 31.5 Å². The van der Waals surface area contributed by atoms with E-state index in [1.165, 1.54) is 49.6 Å². The van der Waals surface area contributed by atoms with Crippen LogP contribution in [-0.2, 0) is 20.0 Å². The fraction of sp³-hybridized carbons (Fsp3) is 0.292. The highest BCUT2D eigenvalue weighted by Gasteiger charge is 2.25. The van der Waals surface area contributed by atoms with Gasteiger partial charge < -0.3 is 9.64 Å². The number of carbonyl (C=O) groups is 1. The summed E-state index contributed by atoms with van der Waals surface area (Å²) in [6, 6.07) is 11.0. The predicted molar refractivity (Wildman–Crippen MR) is 138 cm³/mol. The molecule has 13 heteroatoms. The molecule has 0 spiro atoms. The van der Waals surface area contributed by atoms with E-state index in [9.17, 15) is 21.6 Å². The zero-order valence-electron chi connectivity index (χ0n) is 20.6. The van der Waals surface area contributed by atoms with Gasteiger partial charge >= 0.3 is 0 Å². The molecule has 0 atom stereocenters. The van der Waals surface area contributed by atoms with Gasteiger partial charge in [-0.2, -0.15) is 0 Å². The number of rotatable bonds is 8. The highest BCUT2D eigenvalue weighted by atomic mass is 32.2. The highest BCUT2D eigenvalue weighted by Crippen LogP contribution is 2.27. The van der Waals surface area contributed by atoms with Crippen molar-refractivity contribution in [3.05, 3.63) is 65.5 Å². The molecule has 0 unspecified atom stereocenters. The molecule has 1 aromatic heterocycles. The van der Waals surface area contributed by atoms with Crippen LogP contribution in [0.4, 0.5) is 11.6 Å². The van der Waals surface area contributed by atoms with Crippen molar-refractivity contribution >= 4 is 37.6 Å². The van der Waals surface area contributed by atoms with Crippen molar-refractivity contribution in [3.8, 4) is 5.75 Å². The van der Waals surface area contributed by atoms with Gasteiger partial charge in [0.05, 0.1) is 22.5 Å². The summed E-state index contributed by atoms with van der Waals surface area (Å²) in [5.74, 6) is -0.0620. The summed E-state index contributed by atoms with van der Waals surface area (Å²) in [7, 11) is -6.67. The minimum absolute atomic E-state index is 0.0546.